The van der Waals surface area contributed by atoms with Gasteiger partial charge in [0, 0.05) is 6.07 Å². The lowest BCUT2D eigenvalue weighted by Crippen LogP contribution is -2.25. The van der Waals surface area contributed by atoms with Crippen molar-refractivity contribution >= 4 is 35.3 Å². The van der Waals surface area contributed by atoms with Crippen LogP contribution in [-0.4, -0.2) is 53.2 Å². The van der Waals surface area contributed by atoms with Crippen molar-refractivity contribution in [2.45, 2.75) is 25.0 Å². The molecule has 0 fully saturated rings. The lowest BCUT2D eigenvalue weighted by Gasteiger charge is -2.17. The first kappa shape index (κ1) is 21.4. The molecule has 2 rings (SSSR count). The summed E-state index contributed by atoms with van der Waals surface area (Å²) in [5, 5.41) is 10.9. The Morgan fingerprint density at radius 1 is 1.29 bits per heavy atom. The molecule has 10 nitrogen and oxygen atoms in total. The zero-order valence-corrected chi connectivity index (χ0v) is 16.9. The van der Waals surface area contributed by atoms with Crippen LogP contribution in [-0.2, 0) is 14.3 Å². The zero-order chi connectivity index (χ0) is 20.7. The van der Waals surface area contributed by atoms with Crippen LogP contribution in [0.3, 0.4) is 0 Å². The molecule has 1 unspecified atom stereocenters. The minimum absolute atomic E-state index is 0.0343. The molecule has 1 heterocycles. The number of rotatable bonds is 9. The Balaban J connectivity index is 2.15. The second kappa shape index (κ2) is 9.83. The van der Waals surface area contributed by atoms with Crippen molar-refractivity contribution in [3.63, 3.8) is 0 Å². The number of carbonyl (C=O) groups is 2. The van der Waals surface area contributed by atoms with E-state index >= 15 is 0 Å². The fourth-order valence-corrected chi connectivity index (χ4v) is 3.15. The third-order valence-corrected chi connectivity index (χ3v) is 4.67. The van der Waals surface area contributed by atoms with Gasteiger partial charge in [-0.3, -0.25) is 14.2 Å². The molecule has 152 valence electrons. The van der Waals surface area contributed by atoms with Gasteiger partial charge >= 0.3 is 5.97 Å². The number of anilines is 2. The molecule has 0 radical (unpaired) electrons. The van der Waals surface area contributed by atoms with E-state index in [1.807, 2.05) is 0 Å². The number of hydrogen-bond donors (Lipinski definition) is 2. The highest BCUT2D eigenvalue weighted by atomic mass is 32.2. The molecule has 0 saturated carbocycles. The van der Waals surface area contributed by atoms with Crippen LogP contribution >= 0.6 is 11.8 Å². The first-order valence-electron chi connectivity index (χ1n) is 8.42. The van der Waals surface area contributed by atoms with Crippen LogP contribution in [0.25, 0.3) is 0 Å². The lowest BCUT2D eigenvalue weighted by molar-refractivity contribution is -0.139. The minimum atomic E-state index is -0.730. The summed E-state index contributed by atoms with van der Waals surface area (Å²) >= 11 is 1.09. The summed E-state index contributed by atoms with van der Waals surface area (Å²) in [6.45, 7) is 3.67. The van der Waals surface area contributed by atoms with E-state index < -0.39 is 6.04 Å². The van der Waals surface area contributed by atoms with E-state index in [0.717, 1.165) is 11.8 Å². The number of nitrogens with zero attached hydrogens (tertiary/aromatic N) is 3. The van der Waals surface area contributed by atoms with E-state index in [-0.39, 0.29) is 30.2 Å². The third kappa shape index (κ3) is 5.06. The average Bonchev–Trinajstić information content (AvgIpc) is 3.06. The summed E-state index contributed by atoms with van der Waals surface area (Å²) in [5.41, 5.74) is 6.35. The molecule has 2 aromatic rings. The molecule has 0 aliphatic heterocycles. The predicted molar refractivity (Wildman–Crippen MR) is 105 cm³/mol. The Hall–Kier alpha value is -2.95. The standard InChI is InChI=1S/C17H23N5O5S/c1-5-27-14(23)9-28-17-21-20-16(18)22(17)10(2)15(24)19-12-7-6-11(25-3)8-13(12)26-4/h6-8,10H,5,9H2,1-4H3,(H2,18,20)(H,19,24). The summed E-state index contributed by atoms with van der Waals surface area (Å²) in [5.74, 6) is 0.411. The van der Waals surface area contributed by atoms with Gasteiger partial charge in [-0.2, -0.15) is 0 Å². The molecule has 11 heteroatoms. The smallest absolute Gasteiger partial charge is 0.316 e. The van der Waals surface area contributed by atoms with Crippen molar-refractivity contribution in [2.75, 3.05) is 37.6 Å². The Morgan fingerprint density at radius 3 is 2.68 bits per heavy atom. The number of amides is 1. The molecule has 1 aromatic heterocycles. The normalized spacial score (nSPS) is 11.6. The predicted octanol–water partition coefficient (Wildman–Crippen LogP) is 1.73. The highest BCUT2D eigenvalue weighted by molar-refractivity contribution is 7.99. The summed E-state index contributed by atoms with van der Waals surface area (Å²) in [7, 11) is 3.04. The number of carbonyl (C=O) groups excluding carboxylic acids is 2. The minimum Gasteiger partial charge on any atom is -0.497 e. The molecule has 0 aliphatic rings. The summed E-state index contributed by atoms with van der Waals surface area (Å²) in [4.78, 5) is 24.3. The highest BCUT2D eigenvalue weighted by Crippen LogP contribution is 2.30. The Kier molecular flexibility index (Phi) is 7.50. The van der Waals surface area contributed by atoms with E-state index in [9.17, 15) is 9.59 Å². The number of methoxy groups -OCH3 is 2. The van der Waals surface area contributed by atoms with Crippen molar-refractivity contribution in [1.82, 2.24) is 14.8 Å². The average molecular weight is 409 g/mol. The Bertz CT molecular complexity index is 841. The van der Waals surface area contributed by atoms with Crippen LogP contribution in [0.2, 0.25) is 0 Å². The number of nitrogens with one attached hydrogen (secondary N) is 1. The second-order valence-electron chi connectivity index (χ2n) is 5.54. The molecule has 28 heavy (non-hydrogen) atoms. The maximum Gasteiger partial charge on any atom is 0.316 e. The molecule has 1 atom stereocenters. The van der Waals surface area contributed by atoms with E-state index in [0.29, 0.717) is 22.3 Å². The van der Waals surface area contributed by atoms with Gasteiger partial charge in [-0.1, -0.05) is 11.8 Å². The second-order valence-corrected chi connectivity index (χ2v) is 6.48. The van der Waals surface area contributed by atoms with Gasteiger partial charge in [0.1, 0.15) is 17.5 Å². The van der Waals surface area contributed by atoms with E-state index in [2.05, 4.69) is 15.5 Å². The number of benzene rings is 1. The number of hydrogen-bond acceptors (Lipinski definition) is 9. The van der Waals surface area contributed by atoms with Crippen molar-refractivity contribution in [3.05, 3.63) is 18.2 Å². The Morgan fingerprint density at radius 2 is 2.04 bits per heavy atom. The third-order valence-electron chi connectivity index (χ3n) is 3.75. The molecule has 0 spiro atoms. The molecular formula is C17H23N5O5S. The van der Waals surface area contributed by atoms with Gasteiger partial charge in [0.25, 0.3) is 0 Å². The van der Waals surface area contributed by atoms with Crippen LogP contribution in [0.1, 0.15) is 19.9 Å². The number of thioether (sulfide) groups is 1. The monoisotopic (exact) mass is 409 g/mol. The van der Waals surface area contributed by atoms with Gasteiger partial charge < -0.3 is 25.3 Å². The maximum absolute atomic E-state index is 12.7. The van der Waals surface area contributed by atoms with Crippen LogP contribution in [0.4, 0.5) is 11.6 Å². The van der Waals surface area contributed by atoms with Gasteiger partial charge in [-0.15, -0.1) is 10.2 Å². The van der Waals surface area contributed by atoms with Crippen molar-refractivity contribution in [2.24, 2.45) is 0 Å². The molecule has 0 bridgehead atoms. The summed E-state index contributed by atoms with van der Waals surface area (Å²) < 4.78 is 16.8. The SMILES string of the molecule is CCOC(=O)CSc1nnc(N)n1C(C)C(=O)Nc1ccc(OC)cc1OC. The van der Waals surface area contributed by atoms with Gasteiger partial charge in [0.2, 0.25) is 11.9 Å². The fourth-order valence-electron chi connectivity index (χ4n) is 2.33. The zero-order valence-electron chi connectivity index (χ0n) is 16.1. The van der Waals surface area contributed by atoms with Gasteiger partial charge in [0.15, 0.2) is 5.16 Å². The lowest BCUT2D eigenvalue weighted by atomic mass is 10.2. The van der Waals surface area contributed by atoms with Gasteiger partial charge in [-0.05, 0) is 26.0 Å². The first-order valence-corrected chi connectivity index (χ1v) is 9.41. The van der Waals surface area contributed by atoms with Crippen molar-refractivity contribution < 1.29 is 23.8 Å². The highest BCUT2D eigenvalue weighted by Gasteiger charge is 2.24. The molecule has 0 aliphatic carbocycles. The van der Waals surface area contributed by atoms with Crippen LogP contribution in [0.15, 0.2) is 23.4 Å². The number of nitrogen functional groups attached to an aromatic ring is 1. The molecular weight excluding hydrogens is 386 g/mol. The van der Waals surface area contributed by atoms with Gasteiger partial charge in [0.05, 0.1) is 32.3 Å². The van der Waals surface area contributed by atoms with Crippen molar-refractivity contribution in [1.29, 1.82) is 0 Å². The van der Waals surface area contributed by atoms with E-state index in [4.69, 9.17) is 19.9 Å². The molecule has 1 aromatic carbocycles. The number of nitrogens with two attached hydrogens (primary N) is 1. The Labute approximate surface area is 166 Å². The van der Waals surface area contributed by atoms with E-state index in [1.54, 1.807) is 39.2 Å². The first-order chi connectivity index (χ1) is 13.4. The van der Waals surface area contributed by atoms with E-state index in [1.165, 1.54) is 11.7 Å². The summed E-state index contributed by atoms with van der Waals surface area (Å²) in [6, 6.07) is 4.31. The van der Waals surface area contributed by atoms with Crippen LogP contribution in [0, 0.1) is 0 Å². The number of aromatic nitrogens is 3. The molecule has 1 amide bonds. The largest absolute Gasteiger partial charge is 0.497 e. The van der Waals surface area contributed by atoms with Gasteiger partial charge in [-0.25, -0.2) is 0 Å². The quantitative estimate of drug-likeness (QED) is 0.469. The maximum atomic E-state index is 12.7. The van der Waals surface area contributed by atoms with Crippen LogP contribution < -0.4 is 20.5 Å². The molecule has 0 saturated heterocycles. The van der Waals surface area contributed by atoms with Crippen molar-refractivity contribution in [3.8, 4) is 11.5 Å². The number of ether oxygens (including phenoxy) is 3. The van der Waals surface area contributed by atoms with Crippen LogP contribution in [0.5, 0.6) is 11.5 Å². The molecule has 3 N–H and O–H groups in total. The number of esters is 1. The summed E-state index contributed by atoms with van der Waals surface area (Å²) in [6.07, 6.45) is 0. The fraction of sp³-hybridized carbons (Fsp3) is 0.412. The topological polar surface area (TPSA) is 131 Å².